The fraction of sp³-hybridized carbons (Fsp3) is 0.231. The summed E-state index contributed by atoms with van der Waals surface area (Å²) in [6.07, 6.45) is 4.29. The fourth-order valence-electron chi connectivity index (χ4n) is 3.84. The van der Waals surface area contributed by atoms with E-state index in [4.69, 9.17) is 0 Å². The van der Waals surface area contributed by atoms with Gasteiger partial charge in [0.25, 0.3) is 0 Å². The molecule has 3 N–H and O–H groups in total. The first-order valence-corrected chi connectivity index (χ1v) is 11.3. The lowest BCUT2D eigenvalue weighted by molar-refractivity contribution is -0.109. The number of aromatic amines is 2. The summed E-state index contributed by atoms with van der Waals surface area (Å²) in [7, 11) is 7.91. The zero-order valence-corrected chi connectivity index (χ0v) is 20.4. The highest BCUT2D eigenvalue weighted by Gasteiger charge is 2.08. The molecule has 2 aromatic heterocycles. The lowest BCUT2D eigenvalue weighted by atomic mass is 10.0. The van der Waals surface area contributed by atoms with Crippen LogP contribution in [0.2, 0.25) is 0 Å². The normalized spacial score (nSPS) is 10.6. The van der Waals surface area contributed by atoms with Crippen molar-refractivity contribution in [1.82, 2.24) is 35.1 Å². The van der Waals surface area contributed by atoms with Crippen molar-refractivity contribution in [3.05, 3.63) is 72.6 Å². The Morgan fingerprint density at radius 2 is 1.26 bits per heavy atom. The molecule has 35 heavy (non-hydrogen) atoms. The third-order valence-electron chi connectivity index (χ3n) is 5.51. The van der Waals surface area contributed by atoms with E-state index < -0.39 is 0 Å². The van der Waals surface area contributed by atoms with Crippen molar-refractivity contribution in [3.8, 4) is 33.6 Å². The molecule has 0 unspecified atom stereocenters. The quantitative estimate of drug-likeness (QED) is 0.208. The van der Waals surface area contributed by atoms with Gasteiger partial charge in [0, 0.05) is 28.2 Å². The first-order chi connectivity index (χ1) is 16.9. The number of imidazole rings is 2. The molecule has 4 aromatic rings. The van der Waals surface area contributed by atoms with Crippen LogP contribution in [0.15, 0.2) is 65.9 Å². The van der Waals surface area contributed by atoms with Crippen LogP contribution in [0.4, 0.5) is 0 Å². The fourth-order valence-corrected chi connectivity index (χ4v) is 3.84. The number of nitrogens with zero attached hydrogens (tertiary/aromatic N) is 5. The number of nitrogens with one attached hydrogen (secondary N) is 3. The molecular formula is C26H30N8O. The summed E-state index contributed by atoms with van der Waals surface area (Å²) in [5.41, 5.74) is 6.25. The Morgan fingerprint density at radius 3 is 1.74 bits per heavy atom. The molecule has 0 aliphatic rings. The summed E-state index contributed by atoms with van der Waals surface area (Å²) >= 11 is 0. The molecule has 0 saturated heterocycles. The molecular weight excluding hydrogens is 440 g/mol. The minimum Gasteiger partial charge on any atom is -0.351 e. The second-order valence-corrected chi connectivity index (χ2v) is 8.55. The first kappa shape index (κ1) is 23.7. The third kappa shape index (κ3) is 5.75. The van der Waals surface area contributed by atoms with Gasteiger partial charge in [-0.2, -0.15) is 0 Å². The molecule has 0 aliphatic carbocycles. The van der Waals surface area contributed by atoms with Gasteiger partial charge in [0.15, 0.2) is 5.96 Å². The Bertz CT molecular complexity index is 1270. The molecule has 0 fully saturated rings. The van der Waals surface area contributed by atoms with Gasteiger partial charge in [0.1, 0.15) is 18.2 Å². The monoisotopic (exact) mass is 470 g/mol. The highest BCUT2D eigenvalue weighted by atomic mass is 16.1. The van der Waals surface area contributed by atoms with Crippen LogP contribution in [0.25, 0.3) is 33.6 Å². The SMILES string of the molecule is CN(C)C(=NCc1ncc(-c2ccc(-c3ccc(-c4cnc(CNC=O)[nH]4)cc3)cc2)[nH]1)N(C)C. The van der Waals surface area contributed by atoms with E-state index in [0.29, 0.717) is 19.5 Å². The number of benzene rings is 2. The number of rotatable bonds is 8. The van der Waals surface area contributed by atoms with Crippen LogP contribution in [0, 0.1) is 0 Å². The van der Waals surface area contributed by atoms with E-state index in [0.717, 1.165) is 51.3 Å². The highest BCUT2D eigenvalue weighted by molar-refractivity contribution is 5.79. The van der Waals surface area contributed by atoms with Crippen LogP contribution >= 0.6 is 0 Å². The van der Waals surface area contributed by atoms with Crippen molar-refractivity contribution >= 4 is 12.4 Å². The van der Waals surface area contributed by atoms with Crippen molar-refractivity contribution in [2.45, 2.75) is 13.1 Å². The van der Waals surface area contributed by atoms with Crippen molar-refractivity contribution in [2.75, 3.05) is 28.2 Å². The summed E-state index contributed by atoms with van der Waals surface area (Å²) in [6, 6.07) is 16.7. The van der Waals surface area contributed by atoms with Gasteiger partial charge in [-0.05, 0) is 22.3 Å². The summed E-state index contributed by atoms with van der Waals surface area (Å²) in [5, 5.41) is 2.61. The van der Waals surface area contributed by atoms with Crippen molar-refractivity contribution in [2.24, 2.45) is 4.99 Å². The number of guanidine groups is 1. The lowest BCUT2D eigenvalue weighted by Gasteiger charge is -2.22. The molecule has 2 aromatic carbocycles. The van der Waals surface area contributed by atoms with Crippen molar-refractivity contribution in [1.29, 1.82) is 0 Å². The number of amides is 1. The molecule has 0 bridgehead atoms. The number of carbonyl (C=O) groups is 1. The first-order valence-electron chi connectivity index (χ1n) is 11.3. The van der Waals surface area contributed by atoms with Crippen molar-refractivity contribution < 1.29 is 4.79 Å². The van der Waals surface area contributed by atoms with Gasteiger partial charge in [-0.1, -0.05) is 48.5 Å². The van der Waals surface area contributed by atoms with E-state index in [1.165, 1.54) is 0 Å². The average Bonchev–Trinajstić information content (AvgIpc) is 3.53. The minimum absolute atomic E-state index is 0.381. The van der Waals surface area contributed by atoms with Crippen LogP contribution in [0.5, 0.6) is 0 Å². The zero-order valence-electron chi connectivity index (χ0n) is 20.4. The van der Waals surface area contributed by atoms with E-state index in [1.54, 1.807) is 6.20 Å². The Hall–Kier alpha value is -4.40. The number of hydrogen-bond acceptors (Lipinski definition) is 4. The molecule has 9 nitrogen and oxygen atoms in total. The van der Waals surface area contributed by atoms with E-state index in [9.17, 15) is 4.79 Å². The predicted octanol–water partition coefficient (Wildman–Crippen LogP) is 3.36. The average molecular weight is 471 g/mol. The van der Waals surface area contributed by atoms with E-state index in [2.05, 4.69) is 78.8 Å². The van der Waals surface area contributed by atoms with Crippen LogP contribution in [0.3, 0.4) is 0 Å². The molecule has 0 saturated carbocycles. The van der Waals surface area contributed by atoms with Gasteiger partial charge in [0.05, 0.1) is 30.3 Å². The Morgan fingerprint density at radius 1 is 0.800 bits per heavy atom. The van der Waals surface area contributed by atoms with Gasteiger partial charge in [-0.25, -0.2) is 15.0 Å². The van der Waals surface area contributed by atoms with Crippen molar-refractivity contribution in [3.63, 3.8) is 0 Å². The summed E-state index contributed by atoms with van der Waals surface area (Å²) in [6.45, 7) is 0.869. The molecule has 180 valence electrons. The smallest absolute Gasteiger partial charge is 0.207 e. The van der Waals surface area contributed by atoms with Gasteiger partial charge >= 0.3 is 0 Å². The molecule has 0 aliphatic heterocycles. The number of carbonyl (C=O) groups excluding carboxylic acids is 1. The lowest BCUT2D eigenvalue weighted by Crippen LogP contribution is -2.35. The van der Waals surface area contributed by atoms with Gasteiger partial charge in [0.2, 0.25) is 6.41 Å². The summed E-state index contributed by atoms with van der Waals surface area (Å²) < 4.78 is 0. The maximum absolute atomic E-state index is 10.5. The molecule has 1 amide bonds. The van der Waals surface area contributed by atoms with Crippen LogP contribution in [-0.2, 0) is 17.9 Å². The van der Waals surface area contributed by atoms with Crippen LogP contribution in [-0.4, -0.2) is 70.3 Å². The topological polar surface area (TPSA) is 105 Å². The van der Waals surface area contributed by atoms with Crippen LogP contribution in [0.1, 0.15) is 11.6 Å². The molecule has 4 rings (SSSR count). The summed E-state index contributed by atoms with van der Waals surface area (Å²) in [4.78, 5) is 34.4. The highest BCUT2D eigenvalue weighted by Crippen LogP contribution is 2.26. The molecule has 2 heterocycles. The second kappa shape index (κ2) is 10.7. The maximum atomic E-state index is 10.5. The standard InChI is InChI=1S/C26H30N8O/c1-33(2)26(34(3)4)30-16-25-29-14-23(32-25)21-11-7-19(8-12-21)18-5-9-20(10-6-18)22-13-28-24(31-22)15-27-17-35/h5-14,17H,15-16H2,1-4H3,(H,27,35)(H,28,31)(H,29,32). The third-order valence-corrected chi connectivity index (χ3v) is 5.51. The summed E-state index contributed by atoms with van der Waals surface area (Å²) in [5.74, 6) is 2.43. The molecule has 0 radical (unpaired) electrons. The number of hydrogen-bond donors (Lipinski definition) is 3. The number of aliphatic imine (C=N–C) groups is 1. The second-order valence-electron chi connectivity index (χ2n) is 8.55. The Balaban J connectivity index is 1.43. The van der Waals surface area contributed by atoms with E-state index >= 15 is 0 Å². The van der Waals surface area contributed by atoms with Crippen LogP contribution < -0.4 is 5.32 Å². The molecule has 9 heteroatoms. The predicted molar refractivity (Wildman–Crippen MR) is 138 cm³/mol. The number of aromatic nitrogens is 4. The van der Waals surface area contributed by atoms with Gasteiger partial charge < -0.3 is 25.1 Å². The number of H-pyrrole nitrogens is 2. The van der Waals surface area contributed by atoms with E-state index in [1.807, 2.05) is 44.2 Å². The Labute approximate surface area is 205 Å². The van der Waals surface area contributed by atoms with Gasteiger partial charge in [-0.3, -0.25) is 4.79 Å². The van der Waals surface area contributed by atoms with Gasteiger partial charge in [-0.15, -0.1) is 0 Å². The largest absolute Gasteiger partial charge is 0.351 e. The molecule has 0 spiro atoms. The molecule has 0 atom stereocenters. The van der Waals surface area contributed by atoms with E-state index in [-0.39, 0.29) is 0 Å². The Kier molecular flexibility index (Phi) is 7.25. The maximum Gasteiger partial charge on any atom is 0.207 e. The zero-order chi connectivity index (χ0) is 24.8. The minimum atomic E-state index is 0.381.